The molecule has 2 heterocycles. The maximum Gasteiger partial charge on any atom is 0.226 e. The highest BCUT2D eigenvalue weighted by Gasteiger charge is 2.10. The first-order valence-corrected chi connectivity index (χ1v) is 8.14. The zero-order valence-electron chi connectivity index (χ0n) is 13.7. The van der Waals surface area contributed by atoms with Crippen molar-refractivity contribution in [3.05, 3.63) is 65.2 Å². The van der Waals surface area contributed by atoms with Gasteiger partial charge in [0.15, 0.2) is 0 Å². The Morgan fingerprint density at radius 3 is 2.62 bits per heavy atom. The normalized spacial score (nSPS) is 10.8. The molecular formula is C18H19ClN4O. The summed E-state index contributed by atoms with van der Waals surface area (Å²) in [5.74, 6) is -0.0571. The zero-order chi connectivity index (χ0) is 17.1. The van der Waals surface area contributed by atoms with Crippen molar-refractivity contribution in [3.63, 3.8) is 0 Å². The van der Waals surface area contributed by atoms with E-state index in [0.29, 0.717) is 18.0 Å². The smallest absolute Gasteiger partial charge is 0.226 e. The van der Waals surface area contributed by atoms with E-state index in [2.05, 4.69) is 10.4 Å². The van der Waals surface area contributed by atoms with Crippen molar-refractivity contribution in [2.24, 2.45) is 0 Å². The molecule has 5 nitrogen and oxygen atoms in total. The Balaban J connectivity index is 1.72. The maximum absolute atomic E-state index is 12.3. The fourth-order valence-corrected chi connectivity index (χ4v) is 2.81. The molecule has 1 N–H and O–H groups in total. The lowest BCUT2D eigenvalue weighted by Gasteiger charge is -2.13. The van der Waals surface area contributed by atoms with Crippen LogP contribution >= 0.6 is 11.6 Å². The van der Waals surface area contributed by atoms with Crippen LogP contribution < -0.4 is 5.32 Å². The van der Waals surface area contributed by atoms with Gasteiger partial charge in [0.25, 0.3) is 0 Å². The second-order valence-electron chi connectivity index (χ2n) is 5.70. The summed E-state index contributed by atoms with van der Waals surface area (Å²) in [6.45, 7) is 4.49. The van der Waals surface area contributed by atoms with E-state index in [1.54, 1.807) is 6.07 Å². The minimum Gasteiger partial charge on any atom is -0.324 e. The van der Waals surface area contributed by atoms with E-state index in [1.807, 2.05) is 65.8 Å². The molecule has 0 aliphatic heterocycles. The molecule has 0 radical (unpaired) electrons. The van der Waals surface area contributed by atoms with Gasteiger partial charge >= 0.3 is 0 Å². The molecule has 0 saturated heterocycles. The van der Waals surface area contributed by atoms with Gasteiger partial charge in [0, 0.05) is 36.1 Å². The van der Waals surface area contributed by atoms with Crippen LogP contribution in [0, 0.1) is 13.8 Å². The van der Waals surface area contributed by atoms with Gasteiger partial charge in [0.2, 0.25) is 5.91 Å². The van der Waals surface area contributed by atoms with Crippen LogP contribution in [0.1, 0.15) is 17.8 Å². The average Bonchev–Trinajstić information content (AvgIpc) is 3.17. The summed E-state index contributed by atoms with van der Waals surface area (Å²) in [6.07, 6.45) is 4.18. The van der Waals surface area contributed by atoms with Gasteiger partial charge in [-0.2, -0.15) is 5.10 Å². The van der Waals surface area contributed by atoms with Crippen molar-refractivity contribution in [2.45, 2.75) is 26.8 Å². The number of nitrogens with one attached hydrogen (secondary N) is 1. The van der Waals surface area contributed by atoms with E-state index in [0.717, 1.165) is 22.8 Å². The Morgan fingerprint density at radius 1 is 1.21 bits per heavy atom. The van der Waals surface area contributed by atoms with Gasteiger partial charge in [-0.15, -0.1) is 0 Å². The van der Waals surface area contributed by atoms with Gasteiger partial charge in [0.1, 0.15) is 0 Å². The van der Waals surface area contributed by atoms with Gasteiger partial charge in [0.05, 0.1) is 17.1 Å². The van der Waals surface area contributed by atoms with Crippen LogP contribution in [0.3, 0.4) is 0 Å². The Kier molecular flexibility index (Phi) is 4.71. The number of rotatable bonds is 5. The summed E-state index contributed by atoms with van der Waals surface area (Å²) in [7, 11) is 0. The van der Waals surface area contributed by atoms with E-state index < -0.39 is 0 Å². The first-order valence-electron chi connectivity index (χ1n) is 7.77. The molecule has 2 aromatic heterocycles. The first-order chi connectivity index (χ1) is 11.5. The Morgan fingerprint density at radius 2 is 1.96 bits per heavy atom. The van der Waals surface area contributed by atoms with E-state index in [1.165, 1.54) is 0 Å². The van der Waals surface area contributed by atoms with Gasteiger partial charge < -0.3 is 9.88 Å². The topological polar surface area (TPSA) is 51.9 Å². The molecule has 0 bridgehead atoms. The minimum atomic E-state index is -0.0571. The number of carbonyl (C=O) groups is 1. The summed E-state index contributed by atoms with van der Waals surface area (Å²) in [4.78, 5) is 12.3. The molecule has 0 aliphatic rings. The molecule has 0 spiro atoms. The van der Waals surface area contributed by atoms with Crippen LogP contribution in [0.15, 0.2) is 48.8 Å². The third kappa shape index (κ3) is 3.68. The number of carbonyl (C=O) groups excluding carboxylic acids is 1. The summed E-state index contributed by atoms with van der Waals surface area (Å²) < 4.78 is 3.77. The second-order valence-corrected chi connectivity index (χ2v) is 6.14. The molecule has 0 aliphatic carbocycles. The lowest BCUT2D eigenvalue weighted by molar-refractivity contribution is -0.116. The first kappa shape index (κ1) is 16.3. The number of aryl methyl sites for hydroxylation is 3. The quantitative estimate of drug-likeness (QED) is 0.762. The number of nitrogens with zero attached hydrogens (tertiary/aromatic N) is 3. The number of halogens is 1. The lowest BCUT2D eigenvalue weighted by atomic mass is 10.2. The van der Waals surface area contributed by atoms with Gasteiger partial charge in [-0.3, -0.25) is 9.48 Å². The monoisotopic (exact) mass is 342 g/mol. The van der Waals surface area contributed by atoms with Crippen molar-refractivity contribution in [1.82, 2.24) is 14.3 Å². The number of benzene rings is 1. The molecule has 1 amide bonds. The second kappa shape index (κ2) is 6.93. The van der Waals surface area contributed by atoms with Crippen molar-refractivity contribution < 1.29 is 4.79 Å². The van der Waals surface area contributed by atoms with Crippen LogP contribution in [0.2, 0.25) is 5.02 Å². The average molecular weight is 343 g/mol. The summed E-state index contributed by atoms with van der Waals surface area (Å²) >= 11 is 6.09. The highest BCUT2D eigenvalue weighted by molar-refractivity contribution is 6.30. The molecule has 0 saturated carbocycles. The number of hydrogen-bond donors (Lipinski definition) is 1. The maximum atomic E-state index is 12.3. The van der Waals surface area contributed by atoms with Gasteiger partial charge in [-0.25, -0.2) is 0 Å². The van der Waals surface area contributed by atoms with E-state index >= 15 is 0 Å². The van der Waals surface area contributed by atoms with Crippen molar-refractivity contribution in [3.8, 4) is 5.69 Å². The third-order valence-electron chi connectivity index (χ3n) is 3.77. The molecule has 3 rings (SSSR count). The Bertz CT molecular complexity index is 852. The molecule has 3 aromatic rings. The molecule has 0 atom stereocenters. The van der Waals surface area contributed by atoms with Crippen LogP contribution in [0.5, 0.6) is 0 Å². The highest BCUT2D eigenvalue weighted by Crippen LogP contribution is 2.24. The molecular weight excluding hydrogens is 324 g/mol. The molecule has 24 heavy (non-hydrogen) atoms. The predicted molar refractivity (Wildman–Crippen MR) is 95.7 cm³/mol. The number of amides is 1. The molecule has 6 heteroatoms. The van der Waals surface area contributed by atoms with Crippen LogP contribution in [0.4, 0.5) is 5.69 Å². The molecule has 0 unspecified atom stereocenters. The standard InChI is InChI=1S/C18H19ClN4O/c1-13-11-14(2)23(21-13)10-7-18(24)20-16-6-5-15(19)12-17(16)22-8-3-4-9-22/h3-6,8-9,11-12H,7,10H2,1-2H3,(H,20,24). The summed E-state index contributed by atoms with van der Waals surface area (Å²) in [6, 6.07) is 11.3. The Labute approximate surface area is 145 Å². The molecule has 124 valence electrons. The summed E-state index contributed by atoms with van der Waals surface area (Å²) in [5.41, 5.74) is 3.58. The summed E-state index contributed by atoms with van der Waals surface area (Å²) in [5, 5.41) is 7.96. The minimum absolute atomic E-state index is 0.0571. The van der Waals surface area contributed by atoms with Crippen LogP contribution in [-0.4, -0.2) is 20.3 Å². The SMILES string of the molecule is Cc1cc(C)n(CCC(=O)Nc2ccc(Cl)cc2-n2cccc2)n1. The highest BCUT2D eigenvalue weighted by atomic mass is 35.5. The van der Waals surface area contributed by atoms with Crippen molar-refractivity contribution in [2.75, 3.05) is 5.32 Å². The van der Waals surface area contributed by atoms with Crippen LogP contribution in [0.25, 0.3) is 5.69 Å². The zero-order valence-corrected chi connectivity index (χ0v) is 14.4. The van der Waals surface area contributed by atoms with Gasteiger partial charge in [-0.1, -0.05) is 11.6 Å². The van der Waals surface area contributed by atoms with E-state index in [-0.39, 0.29) is 5.91 Å². The molecule has 0 fully saturated rings. The lowest BCUT2D eigenvalue weighted by Crippen LogP contribution is -2.16. The predicted octanol–water partition coefficient (Wildman–Crippen LogP) is 3.97. The fraction of sp³-hybridized carbons (Fsp3) is 0.222. The van der Waals surface area contributed by atoms with Crippen LogP contribution in [-0.2, 0) is 11.3 Å². The van der Waals surface area contributed by atoms with Crippen molar-refractivity contribution in [1.29, 1.82) is 0 Å². The number of anilines is 1. The van der Waals surface area contributed by atoms with Crippen molar-refractivity contribution >= 4 is 23.2 Å². The molecule has 1 aromatic carbocycles. The van der Waals surface area contributed by atoms with E-state index in [9.17, 15) is 4.79 Å². The van der Waals surface area contributed by atoms with Gasteiger partial charge in [-0.05, 0) is 50.2 Å². The largest absolute Gasteiger partial charge is 0.324 e. The fourth-order valence-electron chi connectivity index (χ4n) is 2.64. The Hall–Kier alpha value is -2.53. The number of hydrogen-bond acceptors (Lipinski definition) is 2. The third-order valence-corrected chi connectivity index (χ3v) is 4.01. The number of aromatic nitrogens is 3. The van der Waals surface area contributed by atoms with E-state index in [4.69, 9.17) is 11.6 Å².